The molecule has 0 spiro atoms. The van der Waals surface area contributed by atoms with Crippen LogP contribution in [0.5, 0.6) is 0 Å². The van der Waals surface area contributed by atoms with Crippen LogP contribution in [0, 0.1) is 0 Å². The molecule has 1 aromatic heterocycles. The molecule has 1 atom stereocenters. The monoisotopic (exact) mass is 410 g/mol. The number of anilines is 1. The fourth-order valence-corrected chi connectivity index (χ4v) is 4.34. The van der Waals surface area contributed by atoms with E-state index in [-0.39, 0.29) is 24.3 Å². The van der Waals surface area contributed by atoms with Crippen LogP contribution in [0.1, 0.15) is 41.3 Å². The zero-order valence-corrected chi connectivity index (χ0v) is 17.0. The molecular weight excluding hydrogens is 388 g/mol. The molecule has 2 aliphatic rings. The summed E-state index contributed by atoms with van der Waals surface area (Å²) in [7, 11) is 0. The third kappa shape index (κ3) is 4.24. The third-order valence-electron chi connectivity index (χ3n) is 5.17. The molecule has 7 heteroatoms. The van der Waals surface area contributed by atoms with Crippen LogP contribution in [-0.4, -0.2) is 37.0 Å². The second kappa shape index (κ2) is 8.21. The second-order valence-corrected chi connectivity index (χ2v) is 8.08. The zero-order valence-electron chi connectivity index (χ0n) is 16.1. The van der Waals surface area contributed by atoms with Crippen LogP contribution in [0.4, 0.5) is 10.5 Å². The largest absolute Gasteiger partial charge is 0.442 e. The highest BCUT2D eigenvalue weighted by Crippen LogP contribution is 2.30. The van der Waals surface area contributed by atoms with Gasteiger partial charge in [-0.3, -0.25) is 14.5 Å². The maximum absolute atomic E-state index is 13.1. The number of cyclic esters (lactones) is 1. The van der Waals surface area contributed by atoms with E-state index in [1.54, 1.807) is 22.3 Å². The summed E-state index contributed by atoms with van der Waals surface area (Å²) < 4.78 is 5.34. The second-order valence-electron chi connectivity index (χ2n) is 7.30. The number of carbonyl (C=O) groups excluding carboxylic acids is 3. The molecule has 1 aliphatic heterocycles. The van der Waals surface area contributed by atoms with E-state index >= 15 is 0 Å². The summed E-state index contributed by atoms with van der Waals surface area (Å²) >= 11 is 1.61. The molecular formula is C22H22N2O4S. The van der Waals surface area contributed by atoms with Gasteiger partial charge in [0.15, 0.2) is 5.78 Å². The average Bonchev–Trinajstić information content (AvgIpc) is 3.31. The maximum atomic E-state index is 13.1. The smallest absolute Gasteiger partial charge is 0.414 e. The molecule has 150 valence electrons. The van der Waals surface area contributed by atoms with Crippen molar-refractivity contribution in [1.82, 2.24) is 5.32 Å². The molecule has 0 unspecified atom stereocenters. The normalized spacial score (nSPS) is 20.4. The van der Waals surface area contributed by atoms with Crippen LogP contribution in [0.15, 0.2) is 40.6 Å². The number of hydrogen-bond donors (Lipinski definition) is 1. The number of Topliss-reactive ketones (excluding diaryl/α,β-unsaturated/α-hetero) is 1. The van der Waals surface area contributed by atoms with Crippen molar-refractivity contribution in [3.8, 4) is 0 Å². The van der Waals surface area contributed by atoms with Crippen molar-refractivity contribution in [1.29, 1.82) is 0 Å². The van der Waals surface area contributed by atoms with Crippen molar-refractivity contribution in [2.45, 2.75) is 32.3 Å². The molecule has 1 fully saturated rings. The van der Waals surface area contributed by atoms with E-state index in [1.807, 2.05) is 35.0 Å². The number of nitrogens with zero attached hydrogens (tertiary/aromatic N) is 1. The summed E-state index contributed by atoms with van der Waals surface area (Å²) in [6.07, 6.45) is 3.57. The summed E-state index contributed by atoms with van der Waals surface area (Å²) in [5, 5.41) is 6.71. The number of thiophene rings is 1. The summed E-state index contributed by atoms with van der Waals surface area (Å²) in [4.78, 5) is 38.0. The van der Waals surface area contributed by atoms with Crippen molar-refractivity contribution in [2.75, 3.05) is 18.0 Å². The molecule has 6 nitrogen and oxygen atoms in total. The van der Waals surface area contributed by atoms with Crippen LogP contribution in [-0.2, 0) is 16.0 Å². The Morgan fingerprint density at radius 3 is 2.93 bits per heavy atom. The van der Waals surface area contributed by atoms with Gasteiger partial charge in [-0.15, -0.1) is 0 Å². The first-order valence-corrected chi connectivity index (χ1v) is 10.6. The third-order valence-corrected chi connectivity index (χ3v) is 5.87. The minimum absolute atomic E-state index is 0.0581. The average molecular weight is 410 g/mol. The highest BCUT2D eigenvalue weighted by molar-refractivity contribution is 7.08. The molecule has 0 radical (unpaired) electrons. The molecule has 1 N–H and O–H groups in total. The van der Waals surface area contributed by atoms with Gasteiger partial charge in [-0.05, 0) is 71.5 Å². The Morgan fingerprint density at radius 1 is 1.31 bits per heavy atom. The molecule has 0 bridgehead atoms. The van der Waals surface area contributed by atoms with Gasteiger partial charge in [0.25, 0.3) is 0 Å². The number of ketones is 1. The fourth-order valence-electron chi connectivity index (χ4n) is 3.72. The Balaban J connectivity index is 1.55. The molecule has 2 heterocycles. The number of carbonyl (C=O) groups is 3. The van der Waals surface area contributed by atoms with Gasteiger partial charge >= 0.3 is 6.09 Å². The summed E-state index contributed by atoms with van der Waals surface area (Å²) in [5.41, 5.74) is 4.26. The van der Waals surface area contributed by atoms with Gasteiger partial charge in [0, 0.05) is 23.7 Å². The fraction of sp³-hybridized carbons (Fsp3) is 0.318. The van der Waals surface area contributed by atoms with E-state index in [4.69, 9.17) is 4.74 Å². The zero-order chi connectivity index (χ0) is 20.4. The quantitative estimate of drug-likeness (QED) is 0.614. The van der Waals surface area contributed by atoms with Crippen molar-refractivity contribution in [3.63, 3.8) is 0 Å². The van der Waals surface area contributed by atoms with Gasteiger partial charge in [0.05, 0.1) is 13.1 Å². The lowest BCUT2D eigenvalue weighted by molar-refractivity contribution is -0.119. The van der Waals surface area contributed by atoms with Crippen molar-refractivity contribution < 1.29 is 19.1 Å². The molecule has 1 aliphatic carbocycles. The molecule has 0 saturated carbocycles. The highest BCUT2D eigenvalue weighted by Gasteiger charge is 2.33. The van der Waals surface area contributed by atoms with E-state index in [9.17, 15) is 14.4 Å². The Hall–Kier alpha value is -2.93. The first-order chi connectivity index (χ1) is 14.0. The van der Waals surface area contributed by atoms with Crippen LogP contribution in [0.25, 0.3) is 6.08 Å². The number of ether oxygens (including phenoxy) is 1. The first kappa shape index (κ1) is 19.4. The number of allylic oxidation sites excluding steroid dienone is 1. The van der Waals surface area contributed by atoms with Gasteiger partial charge in [0.1, 0.15) is 6.10 Å². The standard InChI is InChI=1S/C22H22N2O4S/c1-14(25)23-11-19-12-24(22(27)28-19)18-5-6-20-16(10-18)3-2-4-17(21(20)26)9-15-7-8-29-13-15/h5-10,13,19H,2-4,11-12H2,1H3,(H,23,25)/b17-9-/t19-/m0/s1. The van der Waals surface area contributed by atoms with Gasteiger partial charge in [-0.2, -0.15) is 11.3 Å². The number of amides is 2. The van der Waals surface area contributed by atoms with Crippen LogP contribution < -0.4 is 10.2 Å². The molecule has 29 heavy (non-hydrogen) atoms. The Morgan fingerprint density at radius 2 is 2.17 bits per heavy atom. The van der Waals surface area contributed by atoms with Gasteiger partial charge in [-0.1, -0.05) is 0 Å². The Labute approximate surface area is 173 Å². The van der Waals surface area contributed by atoms with E-state index in [2.05, 4.69) is 5.32 Å². The number of hydrogen-bond acceptors (Lipinski definition) is 5. The minimum Gasteiger partial charge on any atom is -0.442 e. The highest BCUT2D eigenvalue weighted by atomic mass is 32.1. The van der Waals surface area contributed by atoms with Gasteiger partial charge in [0.2, 0.25) is 5.91 Å². The summed E-state index contributed by atoms with van der Waals surface area (Å²) in [6, 6.07) is 7.54. The minimum atomic E-state index is -0.432. The van der Waals surface area contributed by atoms with Crippen molar-refractivity contribution >= 4 is 40.9 Å². The lowest BCUT2D eigenvalue weighted by atomic mass is 9.98. The van der Waals surface area contributed by atoms with E-state index in [1.165, 1.54) is 6.92 Å². The molecule has 4 rings (SSSR count). The van der Waals surface area contributed by atoms with E-state index < -0.39 is 6.09 Å². The van der Waals surface area contributed by atoms with Crippen molar-refractivity contribution in [3.05, 3.63) is 57.3 Å². The lowest BCUT2D eigenvalue weighted by Gasteiger charge is -2.15. The number of benzene rings is 1. The topological polar surface area (TPSA) is 75.7 Å². The lowest BCUT2D eigenvalue weighted by Crippen LogP contribution is -2.33. The molecule has 1 saturated heterocycles. The van der Waals surface area contributed by atoms with E-state index in [0.717, 1.165) is 41.6 Å². The summed E-state index contributed by atoms with van der Waals surface area (Å²) in [5.74, 6) is -0.0999. The number of rotatable bonds is 4. The van der Waals surface area contributed by atoms with Crippen LogP contribution in [0.3, 0.4) is 0 Å². The van der Waals surface area contributed by atoms with E-state index in [0.29, 0.717) is 12.1 Å². The Kier molecular flexibility index (Phi) is 5.49. The molecule has 2 aromatic rings. The van der Waals surface area contributed by atoms with Crippen LogP contribution in [0.2, 0.25) is 0 Å². The summed E-state index contributed by atoms with van der Waals surface area (Å²) in [6.45, 7) is 2.09. The molecule has 2 amide bonds. The van der Waals surface area contributed by atoms with Crippen molar-refractivity contribution in [2.24, 2.45) is 0 Å². The maximum Gasteiger partial charge on any atom is 0.414 e. The predicted octanol–water partition coefficient (Wildman–Crippen LogP) is 3.81. The first-order valence-electron chi connectivity index (χ1n) is 9.64. The Bertz CT molecular complexity index is 981. The SMILES string of the molecule is CC(=O)NC[C@H]1CN(c2ccc3c(c2)CCC/C(=C/c2ccsc2)C3=O)C(=O)O1. The number of aryl methyl sites for hydroxylation is 1. The van der Waals surface area contributed by atoms with Gasteiger partial charge < -0.3 is 10.1 Å². The number of fused-ring (bicyclic) bond motifs is 1. The van der Waals surface area contributed by atoms with Crippen LogP contribution >= 0.6 is 11.3 Å². The predicted molar refractivity (Wildman–Crippen MR) is 112 cm³/mol. The molecule has 1 aromatic carbocycles. The van der Waals surface area contributed by atoms with Gasteiger partial charge in [-0.25, -0.2) is 4.79 Å². The number of nitrogens with one attached hydrogen (secondary N) is 1.